The lowest BCUT2D eigenvalue weighted by Crippen LogP contribution is -2.42. The first-order valence-electron chi connectivity index (χ1n) is 3.78. The number of nitrogens with two attached hydrogens (primary N) is 1. The summed E-state index contributed by atoms with van der Waals surface area (Å²) in [5.74, 6) is 0.721. The van der Waals surface area contributed by atoms with Crippen molar-refractivity contribution < 1.29 is 0 Å². The molecule has 2 unspecified atom stereocenters. The third kappa shape index (κ3) is 1.66. The first-order chi connectivity index (χ1) is 4.34. The zero-order chi connectivity index (χ0) is 6.69. The Morgan fingerprint density at radius 3 is 2.89 bits per heavy atom. The van der Waals surface area contributed by atoms with Crippen LogP contribution in [0.25, 0.3) is 0 Å². The quantitative estimate of drug-likeness (QED) is 0.534. The Kier molecular flexibility index (Phi) is 2.49. The minimum Gasteiger partial charge on any atom is -0.330 e. The molecule has 1 heterocycles. The monoisotopic (exact) mass is 128 g/mol. The van der Waals surface area contributed by atoms with Crippen molar-refractivity contribution in [3.8, 4) is 0 Å². The topological polar surface area (TPSA) is 38.0 Å². The van der Waals surface area contributed by atoms with Crippen LogP contribution >= 0.6 is 0 Å². The van der Waals surface area contributed by atoms with Crippen LogP contribution in [0.5, 0.6) is 0 Å². The molecule has 0 amide bonds. The summed E-state index contributed by atoms with van der Waals surface area (Å²) in [4.78, 5) is 0. The van der Waals surface area contributed by atoms with Crippen molar-refractivity contribution in [3.63, 3.8) is 0 Å². The van der Waals surface area contributed by atoms with Gasteiger partial charge in [0.2, 0.25) is 0 Å². The molecule has 1 aliphatic heterocycles. The highest BCUT2D eigenvalue weighted by Crippen LogP contribution is 2.13. The van der Waals surface area contributed by atoms with E-state index < -0.39 is 0 Å². The molecule has 0 radical (unpaired) electrons. The Bertz CT molecular complexity index is 83.0. The minimum absolute atomic E-state index is 0.642. The SMILES string of the molecule is CC1NCCCC1CN. The van der Waals surface area contributed by atoms with Crippen LogP contribution in [0.2, 0.25) is 0 Å². The van der Waals surface area contributed by atoms with Crippen LogP contribution < -0.4 is 11.1 Å². The Morgan fingerprint density at radius 1 is 1.67 bits per heavy atom. The van der Waals surface area contributed by atoms with E-state index in [-0.39, 0.29) is 0 Å². The van der Waals surface area contributed by atoms with Gasteiger partial charge in [-0.15, -0.1) is 0 Å². The van der Waals surface area contributed by atoms with E-state index in [1.54, 1.807) is 0 Å². The summed E-state index contributed by atoms with van der Waals surface area (Å²) in [7, 11) is 0. The highest BCUT2D eigenvalue weighted by atomic mass is 14.9. The van der Waals surface area contributed by atoms with E-state index in [0.29, 0.717) is 6.04 Å². The molecule has 3 N–H and O–H groups in total. The molecule has 2 atom stereocenters. The molecule has 1 aliphatic rings. The molecule has 2 nitrogen and oxygen atoms in total. The van der Waals surface area contributed by atoms with E-state index in [0.717, 1.165) is 12.5 Å². The molecule has 0 saturated carbocycles. The van der Waals surface area contributed by atoms with Crippen molar-refractivity contribution in [1.82, 2.24) is 5.32 Å². The molecule has 0 aliphatic carbocycles. The van der Waals surface area contributed by atoms with Gasteiger partial charge in [-0.2, -0.15) is 0 Å². The van der Waals surface area contributed by atoms with E-state index in [1.165, 1.54) is 19.4 Å². The number of piperidine rings is 1. The van der Waals surface area contributed by atoms with Gasteiger partial charge in [-0.3, -0.25) is 0 Å². The van der Waals surface area contributed by atoms with Gasteiger partial charge in [-0.25, -0.2) is 0 Å². The number of hydrogen-bond donors (Lipinski definition) is 2. The third-order valence-corrected chi connectivity index (χ3v) is 2.23. The van der Waals surface area contributed by atoms with Crippen LogP contribution in [0.1, 0.15) is 19.8 Å². The highest BCUT2D eigenvalue weighted by molar-refractivity contribution is 4.77. The van der Waals surface area contributed by atoms with Gasteiger partial charge in [-0.05, 0) is 38.8 Å². The van der Waals surface area contributed by atoms with Gasteiger partial charge in [0.1, 0.15) is 0 Å². The molecule has 0 spiro atoms. The Morgan fingerprint density at radius 2 is 2.44 bits per heavy atom. The summed E-state index contributed by atoms with van der Waals surface area (Å²) in [5, 5.41) is 3.40. The van der Waals surface area contributed by atoms with E-state index in [4.69, 9.17) is 5.73 Å². The fraction of sp³-hybridized carbons (Fsp3) is 1.00. The Hall–Kier alpha value is -0.0800. The van der Waals surface area contributed by atoms with Crippen LogP contribution in [0, 0.1) is 5.92 Å². The van der Waals surface area contributed by atoms with Crippen LogP contribution in [0.4, 0.5) is 0 Å². The summed E-state index contributed by atoms with van der Waals surface area (Å²) in [5.41, 5.74) is 5.55. The summed E-state index contributed by atoms with van der Waals surface area (Å²) >= 11 is 0. The Labute approximate surface area is 56.8 Å². The van der Waals surface area contributed by atoms with Crippen molar-refractivity contribution in [1.29, 1.82) is 0 Å². The van der Waals surface area contributed by atoms with Crippen molar-refractivity contribution in [2.45, 2.75) is 25.8 Å². The number of rotatable bonds is 1. The molecule has 1 saturated heterocycles. The smallest absolute Gasteiger partial charge is 0.00790 e. The first kappa shape index (κ1) is 7.03. The largest absolute Gasteiger partial charge is 0.330 e. The molecule has 1 rings (SSSR count). The summed E-state index contributed by atoms with van der Waals surface area (Å²) in [6, 6.07) is 0.642. The second kappa shape index (κ2) is 3.18. The zero-order valence-corrected chi connectivity index (χ0v) is 6.06. The lowest BCUT2D eigenvalue weighted by atomic mass is 9.92. The number of nitrogens with one attached hydrogen (secondary N) is 1. The van der Waals surface area contributed by atoms with E-state index in [1.807, 2.05) is 0 Å². The van der Waals surface area contributed by atoms with Crippen molar-refractivity contribution >= 4 is 0 Å². The van der Waals surface area contributed by atoms with Gasteiger partial charge >= 0.3 is 0 Å². The maximum atomic E-state index is 5.55. The second-order valence-electron chi connectivity index (χ2n) is 2.88. The molecule has 9 heavy (non-hydrogen) atoms. The normalized spacial score (nSPS) is 36.7. The average Bonchev–Trinajstić information content (AvgIpc) is 1.89. The minimum atomic E-state index is 0.642. The predicted molar refractivity (Wildman–Crippen MR) is 39.2 cm³/mol. The van der Waals surface area contributed by atoms with Gasteiger partial charge in [-0.1, -0.05) is 0 Å². The maximum absolute atomic E-state index is 5.55. The maximum Gasteiger partial charge on any atom is 0.00790 e. The van der Waals surface area contributed by atoms with Gasteiger partial charge in [0.15, 0.2) is 0 Å². The molecule has 0 aromatic carbocycles. The lowest BCUT2D eigenvalue weighted by Gasteiger charge is -2.28. The summed E-state index contributed by atoms with van der Waals surface area (Å²) in [6.07, 6.45) is 2.61. The van der Waals surface area contributed by atoms with Crippen LogP contribution in [0.3, 0.4) is 0 Å². The van der Waals surface area contributed by atoms with Crippen molar-refractivity contribution in [2.24, 2.45) is 11.7 Å². The molecule has 0 aromatic heterocycles. The average molecular weight is 128 g/mol. The fourth-order valence-corrected chi connectivity index (χ4v) is 1.43. The van der Waals surface area contributed by atoms with E-state index in [9.17, 15) is 0 Å². The van der Waals surface area contributed by atoms with Crippen molar-refractivity contribution in [3.05, 3.63) is 0 Å². The highest BCUT2D eigenvalue weighted by Gasteiger charge is 2.18. The van der Waals surface area contributed by atoms with Crippen LogP contribution in [-0.2, 0) is 0 Å². The summed E-state index contributed by atoms with van der Waals surface area (Å²) < 4.78 is 0. The molecule has 0 aromatic rings. The molecule has 1 fully saturated rings. The Balaban J connectivity index is 2.30. The van der Waals surface area contributed by atoms with Gasteiger partial charge in [0.25, 0.3) is 0 Å². The van der Waals surface area contributed by atoms with Gasteiger partial charge in [0, 0.05) is 6.04 Å². The molecule has 2 heteroatoms. The van der Waals surface area contributed by atoms with E-state index >= 15 is 0 Å². The molecule has 54 valence electrons. The molecular formula is C7H16N2. The molecular weight excluding hydrogens is 112 g/mol. The predicted octanol–water partition coefficient (Wildman–Crippen LogP) is 0.333. The lowest BCUT2D eigenvalue weighted by molar-refractivity contribution is 0.304. The zero-order valence-electron chi connectivity index (χ0n) is 6.06. The molecule has 0 bridgehead atoms. The van der Waals surface area contributed by atoms with E-state index in [2.05, 4.69) is 12.2 Å². The van der Waals surface area contributed by atoms with Crippen LogP contribution in [-0.4, -0.2) is 19.1 Å². The third-order valence-electron chi connectivity index (χ3n) is 2.23. The standard InChI is InChI=1S/C7H16N2/c1-6-7(5-8)3-2-4-9-6/h6-7,9H,2-5,8H2,1H3. The van der Waals surface area contributed by atoms with Crippen molar-refractivity contribution in [2.75, 3.05) is 13.1 Å². The van der Waals surface area contributed by atoms with Crippen LogP contribution in [0.15, 0.2) is 0 Å². The van der Waals surface area contributed by atoms with Gasteiger partial charge in [0.05, 0.1) is 0 Å². The fourth-order valence-electron chi connectivity index (χ4n) is 1.43. The summed E-state index contributed by atoms with van der Waals surface area (Å²) in [6.45, 7) is 4.24. The first-order valence-corrected chi connectivity index (χ1v) is 3.78. The second-order valence-corrected chi connectivity index (χ2v) is 2.88. The van der Waals surface area contributed by atoms with Gasteiger partial charge < -0.3 is 11.1 Å². The number of hydrogen-bond acceptors (Lipinski definition) is 2.